The summed E-state index contributed by atoms with van der Waals surface area (Å²) in [5, 5.41) is 0. The summed E-state index contributed by atoms with van der Waals surface area (Å²) in [6, 6.07) is 0. The molecule has 0 aromatic heterocycles. The molecule has 0 N–H and O–H groups in total. The fourth-order valence-corrected chi connectivity index (χ4v) is 8.13. The molecular formula is C61H108O6. The maximum atomic E-state index is 12.8. The Morgan fingerprint density at radius 3 is 0.866 bits per heavy atom. The van der Waals surface area contributed by atoms with Gasteiger partial charge in [-0.1, -0.05) is 242 Å². The molecule has 6 nitrogen and oxygen atoms in total. The van der Waals surface area contributed by atoms with E-state index in [4.69, 9.17) is 14.2 Å². The average Bonchev–Trinajstić information content (AvgIpc) is 3.33. The highest BCUT2D eigenvalue weighted by Crippen LogP contribution is 2.15. The average molecular weight is 938 g/mol. The lowest BCUT2D eigenvalue weighted by molar-refractivity contribution is -0.167. The quantitative estimate of drug-likeness (QED) is 0.0262. The van der Waals surface area contributed by atoms with Crippen LogP contribution in [0.3, 0.4) is 0 Å². The Balaban J connectivity index is 4.21. The van der Waals surface area contributed by atoms with Crippen LogP contribution in [-0.2, 0) is 28.6 Å². The fraction of sp³-hybridized carbons (Fsp3) is 0.787. The molecule has 0 heterocycles. The first-order valence-corrected chi connectivity index (χ1v) is 28.8. The van der Waals surface area contributed by atoms with Gasteiger partial charge in [-0.3, -0.25) is 14.4 Å². The molecule has 0 radical (unpaired) electrons. The van der Waals surface area contributed by atoms with E-state index in [1.807, 2.05) is 0 Å². The Morgan fingerprint density at radius 1 is 0.299 bits per heavy atom. The van der Waals surface area contributed by atoms with Crippen LogP contribution >= 0.6 is 0 Å². The second kappa shape index (κ2) is 55.7. The molecule has 0 amide bonds. The van der Waals surface area contributed by atoms with Crippen LogP contribution in [0.25, 0.3) is 0 Å². The topological polar surface area (TPSA) is 78.9 Å². The van der Waals surface area contributed by atoms with E-state index in [2.05, 4.69) is 81.5 Å². The summed E-state index contributed by atoms with van der Waals surface area (Å²) >= 11 is 0. The highest BCUT2D eigenvalue weighted by molar-refractivity contribution is 5.71. The standard InChI is InChI=1S/C61H108O6/c1-4-7-10-13-16-18-20-22-24-26-28-29-30-31-33-34-36-38-40-42-45-48-51-54-60(63)66-57-58(56-65-59(62)53-50-47-44-15-12-9-6-3)67-61(64)55-52-49-46-43-41-39-37-35-32-27-25-23-21-19-17-14-11-8-5-2/h17,19-20,22-23,25-26,28,30-31,58H,4-16,18,21,24,27,29,32-57H2,1-3H3/b19-17-,22-20-,25-23-,28-26-,31-30-. The second-order valence-electron chi connectivity index (χ2n) is 19.2. The van der Waals surface area contributed by atoms with Crippen LogP contribution in [-0.4, -0.2) is 37.2 Å². The molecule has 67 heavy (non-hydrogen) atoms. The third-order valence-electron chi connectivity index (χ3n) is 12.5. The van der Waals surface area contributed by atoms with Crippen molar-refractivity contribution in [2.24, 2.45) is 0 Å². The van der Waals surface area contributed by atoms with E-state index in [-0.39, 0.29) is 31.1 Å². The van der Waals surface area contributed by atoms with Gasteiger partial charge in [-0.25, -0.2) is 0 Å². The van der Waals surface area contributed by atoms with E-state index in [1.54, 1.807) is 0 Å². The summed E-state index contributed by atoms with van der Waals surface area (Å²) in [6.07, 6.45) is 69.4. The second-order valence-corrected chi connectivity index (χ2v) is 19.2. The maximum Gasteiger partial charge on any atom is 0.306 e. The molecule has 0 spiro atoms. The van der Waals surface area contributed by atoms with Crippen LogP contribution < -0.4 is 0 Å². The van der Waals surface area contributed by atoms with Crippen LogP contribution in [0.15, 0.2) is 60.8 Å². The third kappa shape index (κ3) is 53.9. The van der Waals surface area contributed by atoms with Gasteiger partial charge in [-0.2, -0.15) is 0 Å². The van der Waals surface area contributed by atoms with E-state index in [0.29, 0.717) is 19.3 Å². The van der Waals surface area contributed by atoms with E-state index in [9.17, 15) is 14.4 Å². The molecule has 0 aliphatic heterocycles. The van der Waals surface area contributed by atoms with E-state index in [0.717, 1.165) is 83.5 Å². The molecule has 6 heteroatoms. The van der Waals surface area contributed by atoms with Gasteiger partial charge in [0, 0.05) is 19.3 Å². The smallest absolute Gasteiger partial charge is 0.306 e. The fourth-order valence-electron chi connectivity index (χ4n) is 8.13. The van der Waals surface area contributed by atoms with Crippen LogP contribution in [0.1, 0.15) is 290 Å². The Labute approximate surface area is 415 Å². The van der Waals surface area contributed by atoms with Crippen LogP contribution in [0.5, 0.6) is 0 Å². The zero-order chi connectivity index (χ0) is 48.6. The van der Waals surface area contributed by atoms with E-state index >= 15 is 0 Å². The molecule has 0 aromatic carbocycles. The number of carbonyl (C=O) groups is 3. The predicted octanol–water partition coefficient (Wildman–Crippen LogP) is 19.2. The number of hydrogen-bond donors (Lipinski definition) is 0. The summed E-state index contributed by atoms with van der Waals surface area (Å²) in [4.78, 5) is 37.9. The molecule has 388 valence electrons. The van der Waals surface area contributed by atoms with Gasteiger partial charge in [0.1, 0.15) is 13.2 Å². The largest absolute Gasteiger partial charge is 0.462 e. The van der Waals surface area contributed by atoms with Crippen molar-refractivity contribution >= 4 is 17.9 Å². The lowest BCUT2D eigenvalue weighted by Gasteiger charge is -2.18. The van der Waals surface area contributed by atoms with Crippen molar-refractivity contribution in [3.05, 3.63) is 60.8 Å². The summed E-state index contributed by atoms with van der Waals surface area (Å²) in [5.74, 6) is -0.887. The molecule has 1 atom stereocenters. The van der Waals surface area contributed by atoms with Crippen molar-refractivity contribution in [1.29, 1.82) is 0 Å². The van der Waals surface area contributed by atoms with Gasteiger partial charge in [-0.05, 0) is 89.9 Å². The first-order valence-electron chi connectivity index (χ1n) is 28.8. The summed E-state index contributed by atoms with van der Waals surface area (Å²) < 4.78 is 16.8. The highest BCUT2D eigenvalue weighted by atomic mass is 16.6. The molecule has 0 rings (SSSR count). The number of unbranched alkanes of at least 4 members (excludes halogenated alkanes) is 31. The minimum absolute atomic E-state index is 0.0771. The van der Waals surface area contributed by atoms with Gasteiger partial charge in [0.2, 0.25) is 0 Å². The van der Waals surface area contributed by atoms with Crippen molar-refractivity contribution in [2.45, 2.75) is 297 Å². The molecule has 0 fully saturated rings. The number of ether oxygens (including phenoxy) is 3. The van der Waals surface area contributed by atoms with Crippen LogP contribution in [0, 0.1) is 0 Å². The minimum Gasteiger partial charge on any atom is -0.462 e. The summed E-state index contributed by atoms with van der Waals surface area (Å²) in [6.45, 7) is 6.57. The summed E-state index contributed by atoms with van der Waals surface area (Å²) in [7, 11) is 0. The number of rotatable bonds is 52. The van der Waals surface area contributed by atoms with Crippen molar-refractivity contribution in [1.82, 2.24) is 0 Å². The molecule has 0 saturated carbocycles. The Hall–Kier alpha value is -2.89. The molecule has 1 unspecified atom stereocenters. The zero-order valence-corrected chi connectivity index (χ0v) is 44.4. The lowest BCUT2D eigenvalue weighted by atomic mass is 10.1. The third-order valence-corrected chi connectivity index (χ3v) is 12.5. The van der Waals surface area contributed by atoms with Crippen molar-refractivity contribution in [3.63, 3.8) is 0 Å². The SMILES string of the molecule is CCCCC/C=C\C/C=C\CCCCCCCCCCCC(=O)OC(COC(=O)CCCCCCCCC)COC(=O)CCCCCCCCCC/C=C\C/C=C\C/C=C\CCCCCCC. The number of allylic oxidation sites excluding steroid dienone is 10. The molecule has 0 aromatic rings. The number of carbonyl (C=O) groups excluding carboxylic acids is 3. The summed E-state index contributed by atoms with van der Waals surface area (Å²) in [5.41, 5.74) is 0. The molecule has 0 saturated heterocycles. The van der Waals surface area contributed by atoms with Crippen molar-refractivity contribution in [3.8, 4) is 0 Å². The first kappa shape index (κ1) is 64.1. The van der Waals surface area contributed by atoms with Crippen LogP contribution in [0.4, 0.5) is 0 Å². The van der Waals surface area contributed by atoms with Gasteiger partial charge in [-0.15, -0.1) is 0 Å². The van der Waals surface area contributed by atoms with Gasteiger partial charge >= 0.3 is 17.9 Å². The van der Waals surface area contributed by atoms with Crippen LogP contribution in [0.2, 0.25) is 0 Å². The molecule has 0 bridgehead atoms. The van der Waals surface area contributed by atoms with Gasteiger partial charge in [0.15, 0.2) is 6.10 Å². The van der Waals surface area contributed by atoms with Gasteiger partial charge < -0.3 is 14.2 Å². The number of esters is 3. The molecule has 0 aliphatic carbocycles. The van der Waals surface area contributed by atoms with E-state index in [1.165, 1.54) is 167 Å². The monoisotopic (exact) mass is 937 g/mol. The van der Waals surface area contributed by atoms with E-state index < -0.39 is 6.10 Å². The molecule has 0 aliphatic rings. The van der Waals surface area contributed by atoms with Crippen molar-refractivity contribution < 1.29 is 28.6 Å². The molecular weight excluding hydrogens is 829 g/mol. The Kier molecular flexibility index (Phi) is 53.3. The first-order chi connectivity index (χ1) is 33.0. The van der Waals surface area contributed by atoms with Gasteiger partial charge in [0.05, 0.1) is 0 Å². The minimum atomic E-state index is -0.776. The number of hydrogen-bond acceptors (Lipinski definition) is 6. The van der Waals surface area contributed by atoms with Crippen molar-refractivity contribution in [2.75, 3.05) is 13.2 Å². The zero-order valence-electron chi connectivity index (χ0n) is 44.4. The Morgan fingerprint density at radius 2 is 0.537 bits per heavy atom. The lowest BCUT2D eigenvalue weighted by Crippen LogP contribution is -2.30. The predicted molar refractivity (Wildman–Crippen MR) is 288 cm³/mol. The van der Waals surface area contributed by atoms with Gasteiger partial charge in [0.25, 0.3) is 0 Å². The maximum absolute atomic E-state index is 12.8. The highest BCUT2D eigenvalue weighted by Gasteiger charge is 2.19. The Bertz CT molecular complexity index is 1210. The normalized spacial score (nSPS) is 12.5.